The lowest BCUT2D eigenvalue weighted by Gasteiger charge is -2.26. The lowest BCUT2D eigenvalue weighted by Crippen LogP contribution is -2.42. The summed E-state index contributed by atoms with van der Waals surface area (Å²) in [6.45, 7) is 0.574. The van der Waals surface area contributed by atoms with Crippen LogP contribution in [0.3, 0.4) is 0 Å². The number of aromatic nitrogens is 1. The van der Waals surface area contributed by atoms with E-state index in [0.717, 1.165) is 12.0 Å². The van der Waals surface area contributed by atoms with Crippen molar-refractivity contribution >= 4 is 5.91 Å². The predicted octanol–water partition coefficient (Wildman–Crippen LogP) is 2.34. The number of amides is 1. The van der Waals surface area contributed by atoms with Crippen molar-refractivity contribution < 1.29 is 4.79 Å². The molecule has 1 aromatic rings. The van der Waals surface area contributed by atoms with Gasteiger partial charge in [0, 0.05) is 26.0 Å². The maximum absolute atomic E-state index is 12.3. The fraction of sp³-hybridized carbons (Fsp3) is 0.625. The third kappa shape index (κ3) is 4.30. The summed E-state index contributed by atoms with van der Waals surface area (Å²) in [6, 6.07) is 3.50. The molecular weight excluding hydrogens is 250 g/mol. The van der Waals surface area contributed by atoms with Crippen molar-refractivity contribution in [3.8, 4) is 0 Å². The Kier molecular flexibility index (Phi) is 5.53. The quantitative estimate of drug-likeness (QED) is 0.897. The standard InChI is InChI=1S/C16H25N3O/c1-19(12-14-8-5-9-18-11-14)16(20)15(17)10-13-6-3-2-4-7-13/h5,8-9,11,13,15H,2-4,6-7,10,12,17H2,1H3. The second-order valence-corrected chi connectivity index (χ2v) is 5.90. The van der Waals surface area contributed by atoms with Gasteiger partial charge in [0.2, 0.25) is 5.91 Å². The van der Waals surface area contributed by atoms with Crippen LogP contribution in [0.25, 0.3) is 0 Å². The van der Waals surface area contributed by atoms with Crippen molar-refractivity contribution in [2.45, 2.75) is 51.1 Å². The highest BCUT2D eigenvalue weighted by atomic mass is 16.2. The van der Waals surface area contributed by atoms with E-state index in [9.17, 15) is 4.79 Å². The number of rotatable bonds is 5. The smallest absolute Gasteiger partial charge is 0.239 e. The summed E-state index contributed by atoms with van der Waals surface area (Å²) in [6.07, 6.45) is 10.7. The Hall–Kier alpha value is -1.42. The molecule has 20 heavy (non-hydrogen) atoms. The van der Waals surface area contributed by atoms with Crippen LogP contribution in [-0.2, 0) is 11.3 Å². The van der Waals surface area contributed by atoms with Crippen molar-refractivity contribution in [2.24, 2.45) is 11.7 Å². The number of nitrogens with zero attached hydrogens (tertiary/aromatic N) is 2. The molecule has 1 heterocycles. The number of pyridine rings is 1. The highest BCUT2D eigenvalue weighted by Gasteiger charge is 2.23. The van der Waals surface area contributed by atoms with Crippen molar-refractivity contribution in [1.82, 2.24) is 9.88 Å². The molecule has 1 aliphatic rings. The first-order valence-corrected chi connectivity index (χ1v) is 7.56. The van der Waals surface area contributed by atoms with Crippen LogP contribution in [0.2, 0.25) is 0 Å². The van der Waals surface area contributed by atoms with Gasteiger partial charge in [0.25, 0.3) is 0 Å². The summed E-state index contributed by atoms with van der Waals surface area (Å²) in [7, 11) is 1.82. The molecule has 2 rings (SSSR count). The van der Waals surface area contributed by atoms with Gasteiger partial charge in [0.15, 0.2) is 0 Å². The van der Waals surface area contributed by atoms with Crippen molar-refractivity contribution in [1.29, 1.82) is 0 Å². The summed E-state index contributed by atoms with van der Waals surface area (Å²) in [5, 5.41) is 0. The van der Waals surface area contributed by atoms with Crippen LogP contribution in [0, 0.1) is 5.92 Å². The van der Waals surface area contributed by atoms with Crippen molar-refractivity contribution in [3.63, 3.8) is 0 Å². The molecule has 1 amide bonds. The number of hydrogen-bond donors (Lipinski definition) is 1. The van der Waals surface area contributed by atoms with Gasteiger partial charge in [-0.3, -0.25) is 9.78 Å². The third-order valence-corrected chi connectivity index (χ3v) is 4.15. The molecule has 1 saturated carbocycles. The molecule has 4 nitrogen and oxygen atoms in total. The molecule has 0 radical (unpaired) electrons. The summed E-state index contributed by atoms with van der Waals surface area (Å²) in [4.78, 5) is 18.1. The van der Waals surface area contributed by atoms with Crippen LogP contribution < -0.4 is 5.73 Å². The zero-order valence-electron chi connectivity index (χ0n) is 12.3. The topological polar surface area (TPSA) is 59.2 Å². The van der Waals surface area contributed by atoms with Crippen LogP contribution in [0.5, 0.6) is 0 Å². The molecule has 1 aromatic heterocycles. The molecular formula is C16H25N3O. The van der Waals surface area contributed by atoms with Crippen LogP contribution >= 0.6 is 0 Å². The first-order valence-electron chi connectivity index (χ1n) is 7.56. The molecule has 0 aliphatic heterocycles. The maximum Gasteiger partial charge on any atom is 0.239 e. The Morgan fingerprint density at radius 1 is 1.45 bits per heavy atom. The second kappa shape index (κ2) is 7.39. The average molecular weight is 275 g/mol. The Morgan fingerprint density at radius 2 is 2.20 bits per heavy atom. The van der Waals surface area contributed by atoms with Gasteiger partial charge in [-0.05, 0) is 24.0 Å². The average Bonchev–Trinajstić information content (AvgIpc) is 2.48. The van der Waals surface area contributed by atoms with Gasteiger partial charge in [-0.15, -0.1) is 0 Å². The maximum atomic E-state index is 12.3. The molecule has 0 aromatic carbocycles. The van der Waals surface area contributed by atoms with Crippen LogP contribution in [0.15, 0.2) is 24.5 Å². The van der Waals surface area contributed by atoms with Gasteiger partial charge >= 0.3 is 0 Å². The molecule has 0 spiro atoms. The first-order chi connectivity index (χ1) is 9.66. The number of likely N-dealkylation sites (N-methyl/N-ethyl adjacent to an activating group) is 1. The number of hydrogen-bond acceptors (Lipinski definition) is 3. The number of nitrogens with two attached hydrogens (primary N) is 1. The van der Waals surface area contributed by atoms with E-state index in [-0.39, 0.29) is 11.9 Å². The fourth-order valence-corrected chi connectivity index (χ4v) is 3.01. The fourth-order valence-electron chi connectivity index (χ4n) is 3.01. The lowest BCUT2D eigenvalue weighted by molar-refractivity contribution is -0.132. The highest BCUT2D eigenvalue weighted by Crippen LogP contribution is 2.27. The summed E-state index contributed by atoms with van der Waals surface area (Å²) in [5.74, 6) is 0.675. The van der Waals surface area contributed by atoms with Gasteiger partial charge in [0.05, 0.1) is 6.04 Å². The zero-order chi connectivity index (χ0) is 14.4. The largest absolute Gasteiger partial charge is 0.340 e. The van der Waals surface area contributed by atoms with Crippen LogP contribution in [0.1, 0.15) is 44.1 Å². The van der Waals surface area contributed by atoms with E-state index < -0.39 is 0 Å². The minimum absolute atomic E-state index is 0.0411. The van der Waals surface area contributed by atoms with E-state index in [4.69, 9.17) is 5.73 Å². The molecule has 1 unspecified atom stereocenters. The first kappa shape index (κ1) is 15.0. The van der Waals surface area contributed by atoms with Gasteiger partial charge < -0.3 is 10.6 Å². The number of carbonyl (C=O) groups is 1. The predicted molar refractivity (Wildman–Crippen MR) is 79.9 cm³/mol. The molecule has 0 bridgehead atoms. The lowest BCUT2D eigenvalue weighted by atomic mass is 9.85. The van der Waals surface area contributed by atoms with E-state index in [2.05, 4.69) is 4.98 Å². The molecule has 1 aliphatic carbocycles. The molecule has 1 fully saturated rings. The molecule has 2 N–H and O–H groups in total. The normalized spacial score (nSPS) is 17.7. The Bertz CT molecular complexity index is 415. The van der Waals surface area contributed by atoms with E-state index in [1.54, 1.807) is 17.3 Å². The van der Waals surface area contributed by atoms with Crippen molar-refractivity contribution in [2.75, 3.05) is 7.05 Å². The Labute approximate surface area is 121 Å². The van der Waals surface area contributed by atoms with E-state index >= 15 is 0 Å². The Morgan fingerprint density at radius 3 is 2.85 bits per heavy atom. The van der Waals surface area contributed by atoms with Crippen molar-refractivity contribution in [3.05, 3.63) is 30.1 Å². The SMILES string of the molecule is CN(Cc1cccnc1)C(=O)C(N)CC1CCCCC1. The minimum atomic E-state index is -0.361. The van der Waals surface area contributed by atoms with Gasteiger partial charge in [0.1, 0.15) is 0 Å². The van der Waals surface area contributed by atoms with Gasteiger partial charge in [-0.1, -0.05) is 38.2 Å². The highest BCUT2D eigenvalue weighted by molar-refractivity contribution is 5.81. The van der Waals surface area contributed by atoms with Gasteiger partial charge in [-0.25, -0.2) is 0 Å². The molecule has 0 saturated heterocycles. The van der Waals surface area contributed by atoms with Crippen LogP contribution in [0.4, 0.5) is 0 Å². The summed E-state index contributed by atoms with van der Waals surface area (Å²) in [5.41, 5.74) is 7.13. The summed E-state index contributed by atoms with van der Waals surface area (Å²) < 4.78 is 0. The minimum Gasteiger partial charge on any atom is -0.340 e. The third-order valence-electron chi connectivity index (χ3n) is 4.15. The monoisotopic (exact) mass is 275 g/mol. The Balaban J connectivity index is 1.82. The zero-order valence-corrected chi connectivity index (χ0v) is 12.3. The molecule has 110 valence electrons. The van der Waals surface area contributed by atoms with E-state index in [0.29, 0.717) is 12.5 Å². The molecule has 1 atom stereocenters. The van der Waals surface area contributed by atoms with E-state index in [1.807, 2.05) is 19.2 Å². The van der Waals surface area contributed by atoms with Gasteiger partial charge in [-0.2, -0.15) is 0 Å². The number of carbonyl (C=O) groups excluding carboxylic acids is 1. The molecule has 4 heteroatoms. The summed E-state index contributed by atoms with van der Waals surface area (Å²) >= 11 is 0. The van der Waals surface area contributed by atoms with E-state index in [1.165, 1.54) is 32.1 Å². The van der Waals surface area contributed by atoms with Crippen LogP contribution in [-0.4, -0.2) is 28.9 Å². The second-order valence-electron chi connectivity index (χ2n) is 5.90.